The summed E-state index contributed by atoms with van der Waals surface area (Å²) in [6.07, 6.45) is 6.00. The summed E-state index contributed by atoms with van der Waals surface area (Å²) in [5.74, 6) is 1.33. The molecule has 0 aromatic carbocycles. The van der Waals surface area contributed by atoms with E-state index < -0.39 is 0 Å². The molecule has 3 heteroatoms. The van der Waals surface area contributed by atoms with Gasteiger partial charge in [0.2, 0.25) is 0 Å². The lowest BCUT2D eigenvalue weighted by molar-refractivity contribution is -0.144. The molecular formula is C12H18O3. The van der Waals surface area contributed by atoms with Gasteiger partial charge >= 0.3 is 5.97 Å². The first-order valence-electron chi connectivity index (χ1n) is 6.12. The lowest BCUT2D eigenvalue weighted by atomic mass is 9.89. The van der Waals surface area contributed by atoms with Gasteiger partial charge in [-0.3, -0.25) is 0 Å². The van der Waals surface area contributed by atoms with Crippen LogP contribution < -0.4 is 0 Å². The lowest BCUT2D eigenvalue weighted by Gasteiger charge is -2.13. The Bertz CT molecular complexity index is 289. The van der Waals surface area contributed by atoms with Crippen LogP contribution in [0, 0.1) is 11.8 Å². The van der Waals surface area contributed by atoms with Crippen LogP contribution in [-0.2, 0) is 14.3 Å². The minimum atomic E-state index is -0.231. The molecule has 3 aliphatic rings. The van der Waals surface area contributed by atoms with Crippen molar-refractivity contribution in [3.63, 3.8) is 0 Å². The molecule has 0 aromatic heterocycles. The molecule has 0 radical (unpaired) electrons. The van der Waals surface area contributed by atoms with Crippen molar-refractivity contribution in [3.8, 4) is 0 Å². The first-order valence-corrected chi connectivity index (χ1v) is 6.12. The van der Waals surface area contributed by atoms with Crippen molar-refractivity contribution in [1.29, 1.82) is 0 Å². The Kier molecular flexibility index (Phi) is 2.06. The van der Waals surface area contributed by atoms with Gasteiger partial charge in [0.1, 0.15) is 5.60 Å². The van der Waals surface area contributed by atoms with Gasteiger partial charge < -0.3 is 9.47 Å². The zero-order valence-corrected chi connectivity index (χ0v) is 9.20. The highest BCUT2D eigenvalue weighted by atomic mass is 16.7. The average Bonchev–Trinajstić information content (AvgIpc) is 2.59. The predicted molar refractivity (Wildman–Crippen MR) is 54.3 cm³/mol. The maximum absolute atomic E-state index is 11.6. The molecule has 1 spiro atoms. The second-order valence-corrected chi connectivity index (χ2v) is 5.04. The summed E-state index contributed by atoms with van der Waals surface area (Å²) in [4.78, 5) is 11.6. The number of carbonyl (C=O) groups excluding carboxylic acids is 1. The number of epoxide rings is 1. The first-order chi connectivity index (χ1) is 7.28. The van der Waals surface area contributed by atoms with Gasteiger partial charge in [-0.15, -0.1) is 0 Å². The third-order valence-corrected chi connectivity index (χ3v) is 4.42. The number of rotatable bonds is 2. The number of esters is 1. The smallest absolute Gasteiger partial charge is 0.338 e. The number of fused-ring (bicyclic) bond motifs is 2. The van der Waals surface area contributed by atoms with E-state index in [2.05, 4.69) is 0 Å². The second kappa shape index (κ2) is 3.21. The molecule has 1 heterocycles. The van der Waals surface area contributed by atoms with E-state index in [0.29, 0.717) is 12.5 Å². The van der Waals surface area contributed by atoms with Crippen molar-refractivity contribution in [3.05, 3.63) is 0 Å². The fourth-order valence-electron chi connectivity index (χ4n) is 3.74. The van der Waals surface area contributed by atoms with Gasteiger partial charge in [-0.1, -0.05) is 12.8 Å². The third kappa shape index (κ3) is 1.25. The van der Waals surface area contributed by atoms with E-state index in [9.17, 15) is 4.79 Å². The van der Waals surface area contributed by atoms with E-state index in [0.717, 1.165) is 12.3 Å². The Labute approximate surface area is 90.1 Å². The van der Waals surface area contributed by atoms with E-state index in [1.165, 1.54) is 25.7 Å². The SMILES string of the molecule is CCOC(=O)C1OC12CCC1CCCC12. The number of hydrogen-bond donors (Lipinski definition) is 0. The maximum Gasteiger partial charge on any atom is 0.338 e. The Balaban J connectivity index is 1.71. The van der Waals surface area contributed by atoms with Gasteiger partial charge in [0.25, 0.3) is 0 Å². The molecule has 0 N–H and O–H groups in total. The monoisotopic (exact) mass is 210 g/mol. The van der Waals surface area contributed by atoms with Crippen molar-refractivity contribution in [2.75, 3.05) is 6.61 Å². The molecule has 84 valence electrons. The molecule has 0 amide bonds. The molecule has 15 heavy (non-hydrogen) atoms. The molecule has 2 aliphatic carbocycles. The summed E-state index contributed by atoms with van der Waals surface area (Å²) in [7, 11) is 0. The van der Waals surface area contributed by atoms with E-state index in [1.807, 2.05) is 6.92 Å². The Morgan fingerprint density at radius 1 is 1.47 bits per heavy atom. The summed E-state index contributed by atoms with van der Waals surface area (Å²) in [6.45, 7) is 2.31. The summed E-state index contributed by atoms with van der Waals surface area (Å²) in [5.41, 5.74) is -0.0899. The Morgan fingerprint density at radius 3 is 3.13 bits per heavy atom. The van der Waals surface area contributed by atoms with Crippen LogP contribution in [0.25, 0.3) is 0 Å². The summed E-state index contributed by atoms with van der Waals surface area (Å²) in [6, 6.07) is 0. The molecule has 4 atom stereocenters. The fourth-order valence-corrected chi connectivity index (χ4v) is 3.74. The van der Waals surface area contributed by atoms with Crippen LogP contribution in [0.4, 0.5) is 0 Å². The molecule has 3 nitrogen and oxygen atoms in total. The van der Waals surface area contributed by atoms with Crippen LogP contribution >= 0.6 is 0 Å². The van der Waals surface area contributed by atoms with Gasteiger partial charge in [-0.2, -0.15) is 0 Å². The average molecular weight is 210 g/mol. The van der Waals surface area contributed by atoms with E-state index in [1.54, 1.807) is 0 Å². The van der Waals surface area contributed by atoms with E-state index in [4.69, 9.17) is 9.47 Å². The van der Waals surface area contributed by atoms with Gasteiger partial charge in [-0.05, 0) is 38.0 Å². The zero-order valence-electron chi connectivity index (χ0n) is 9.20. The van der Waals surface area contributed by atoms with Crippen molar-refractivity contribution in [2.24, 2.45) is 11.8 Å². The largest absolute Gasteiger partial charge is 0.464 e. The topological polar surface area (TPSA) is 38.8 Å². The highest BCUT2D eigenvalue weighted by molar-refractivity contribution is 5.79. The van der Waals surface area contributed by atoms with Crippen LogP contribution in [0.1, 0.15) is 39.0 Å². The maximum atomic E-state index is 11.6. The molecule has 2 saturated carbocycles. The van der Waals surface area contributed by atoms with Crippen molar-refractivity contribution in [1.82, 2.24) is 0 Å². The highest BCUT2D eigenvalue weighted by Crippen LogP contribution is 2.61. The quantitative estimate of drug-likeness (QED) is 0.516. The lowest BCUT2D eigenvalue weighted by Crippen LogP contribution is -2.27. The third-order valence-electron chi connectivity index (χ3n) is 4.42. The van der Waals surface area contributed by atoms with Gasteiger partial charge in [0.15, 0.2) is 6.10 Å². The van der Waals surface area contributed by atoms with Gasteiger partial charge in [0, 0.05) is 0 Å². The molecule has 0 bridgehead atoms. The summed E-state index contributed by atoms with van der Waals surface area (Å²) < 4.78 is 10.8. The van der Waals surface area contributed by atoms with Gasteiger partial charge in [-0.25, -0.2) is 4.79 Å². The van der Waals surface area contributed by atoms with Crippen molar-refractivity contribution in [2.45, 2.75) is 50.7 Å². The Hall–Kier alpha value is -0.570. The van der Waals surface area contributed by atoms with E-state index >= 15 is 0 Å². The highest BCUT2D eigenvalue weighted by Gasteiger charge is 2.69. The summed E-state index contributed by atoms with van der Waals surface area (Å²) >= 11 is 0. The summed E-state index contributed by atoms with van der Waals surface area (Å²) in [5, 5.41) is 0. The van der Waals surface area contributed by atoms with Gasteiger partial charge in [0.05, 0.1) is 6.61 Å². The van der Waals surface area contributed by atoms with Crippen LogP contribution in [0.2, 0.25) is 0 Å². The minimum absolute atomic E-state index is 0.0899. The second-order valence-electron chi connectivity index (χ2n) is 5.04. The molecule has 0 aromatic rings. The predicted octanol–water partition coefficient (Wildman–Crippen LogP) is 1.90. The number of hydrogen-bond acceptors (Lipinski definition) is 3. The number of carbonyl (C=O) groups is 1. The van der Waals surface area contributed by atoms with Crippen molar-refractivity contribution < 1.29 is 14.3 Å². The van der Waals surface area contributed by atoms with Crippen LogP contribution in [0.15, 0.2) is 0 Å². The molecular weight excluding hydrogens is 192 g/mol. The Morgan fingerprint density at radius 2 is 2.33 bits per heavy atom. The fraction of sp³-hybridized carbons (Fsp3) is 0.917. The first kappa shape index (κ1) is 9.64. The molecule has 3 fully saturated rings. The number of ether oxygens (including phenoxy) is 2. The van der Waals surface area contributed by atoms with Crippen molar-refractivity contribution >= 4 is 5.97 Å². The molecule has 1 saturated heterocycles. The zero-order chi connectivity index (χ0) is 10.5. The molecule has 4 unspecified atom stereocenters. The molecule has 3 rings (SSSR count). The normalized spacial score (nSPS) is 46.9. The van der Waals surface area contributed by atoms with Crippen LogP contribution in [0.5, 0.6) is 0 Å². The van der Waals surface area contributed by atoms with Crippen LogP contribution in [-0.4, -0.2) is 24.3 Å². The standard InChI is InChI=1S/C12H18O3/c1-2-14-11(13)10-12(15-10)7-6-8-4-3-5-9(8)12/h8-10H,2-7H2,1H3. The van der Waals surface area contributed by atoms with Crippen LogP contribution in [0.3, 0.4) is 0 Å². The molecule has 1 aliphatic heterocycles. The van der Waals surface area contributed by atoms with E-state index in [-0.39, 0.29) is 17.7 Å². The minimum Gasteiger partial charge on any atom is -0.464 e.